The molecule has 3 heteroatoms. The lowest BCUT2D eigenvalue weighted by Crippen LogP contribution is -2.26. The number of aryl methyl sites for hydroxylation is 2. The zero-order chi connectivity index (χ0) is 10.5. The Morgan fingerprint density at radius 2 is 2.14 bits per heavy atom. The summed E-state index contributed by atoms with van der Waals surface area (Å²) in [5, 5.41) is 14.4. The van der Waals surface area contributed by atoms with Gasteiger partial charge in [0.15, 0.2) is 0 Å². The molecule has 14 heavy (non-hydrogen) atoms. The minimum absolute atomic E-state index is 0.187. The summed E-state index contributed by atoms with van der Waals surface area (Å²) >= 11 is 0. The van der Waals surface area contributed by atoms with E-state index in [2.05, 4.69) is 18.9 Å². The molecule has 0 aliphatic heterocycles. The van der Waals surface area contributed by atoms with Crippen molar-refractivity contribution in [1.29, 1.82) is 0 Å². The minimum atomic E-state index is -0.331. The van der Waals surface area contributed by atoms with Gasteiger partial charge >= 0.3 is 0 Å². The first-order valence-electron chi connectivity index (χ1n) is 5.11. The van der Waals surface area contributed by atoms with Crippen LogP contribution in [-0.4, -0.2) is 14.9 Å². The normalized spacial score (nSPS) is 24.8. The van der Waals surface area contributed by atoms with Gasteiger partial charge in [0, 0.05) is 18.3 Å². The number of aliphatic hydroxyl groups is 1. The Bertz CT molecular complexity index is 366. The second-order valence-corrected chi connectivity index (χ2v) is 5.13. The van der Waals surface area contributed by atoms with E-state index in [-0.39, 0.29) is 11.5 Å². The van der Waals surface area contributed by atoms with Crippen molar-refractivity contribution in [2.75, 3.05) is 0 Å². The number of rotatable bonds is 0. The van der Waals surface area contributed by atoms with Gasteiger partial charge in [0.1, 0.15) is 0 Å². The van der Waals surface area contributed by atoms with Crippen LogP contribution in [0.15, 0.2) is 0 Å². The first-order chi connectivity index (χ1) is 6.41. The summed E-state index contributed by atoms with van der Waals surface area (Å²) in [5.74, 6) is 0. The van der Waals surface area contributed by atoms with Crippen LogP contribution >= 0.6 is 0 Å². The fraction of sp³-hybridized carbons (Fsp3) is 0.727. The summed E-state index contributed by atoms with van der Waals surface area (Å²) in [6, 6.07) is 0. The maximum absolute atomic E-state index is 10.0. The van der Waals surface area contributed by atoms with Crippen LogP contribution in [0.1, 0.15) is 43.3 Å². The summed E-state index contributed by atoms with van der Waals surface area (Å²) < 4.78 is 1.91. The van der Waals surface area contributed by atoms with Crippen molar-refractivity contribution in [2.45, 2.75) is 39.7 Å². The van der Waals surface area contributed by atoms with Crippen LogP contribution in [0.5, 0.6) is 0 Å². The monoisotopic (exact) mass is 194 g/mol. The molecule has 3 nitrogen and oxygen atoms in total. The third kappa shape index (κ3) is 1.36. The zero-order valence-corrected chi connectivity index (χ0v) is 9.33. The smallest absolute Gasteiger partial charge is 0.0831 e. The Hall–Kier alpha value is -0.830. The van der Waals surface area contributed by atoms with Gasteiger partial charge in [-0.3, -0.25) is 4.68 Å². The van der Waals surface area contributed by atoms with Crippen molar-refractivity contribution in [3.8, 4) is 0 Å². The molecule has 1 aliphatic rings. The standard InChI is InChI=1S/C11H18N2O/c1-7-10-8(13(4)12-7)5-11(2,3)6-9(10)14/h9,14H,5-6H2,1-4H3. The topological polar surface area (TPSA) is 38.0 Å². The molecule has 0 bridgehead atoms. The molecule has 0 spiro atoms. The summed E-state index contributed by atoms with van der Waals surface area (Å²) in [7, 11) is 1.96. The van der Waals surface area contributed by atoms with Gasteiger partial charge < -0.3 is 5.11 Å². The lowest BCUT2D eigenvalue weighted by Gasteiger charge is -2.33. The number of hydrogen-bond acceptors (Lipinski definition) is 2. The Morgan fingerprint density at radius 3 is 2.79 bits per heavy atom. The fourth-order valence-corrected chi connectivity index (χ4v) is 2.52. The largest absolute Gasteiger partial charge is 0.388 e. The molecule has 0 saturated carbocycles. The highest BCUT2D eigenvalue weighted by Crippen LogP contribution is 2.41. The third-order valence-corrected chi connectivity index (χ3v) is 3.12. The van der Waals surface area contributed by atoms with Crippen LogP contribution in [-0.2, 0) is 13.5 Å². The van der Waals surface area contributed by atoms with Gasteiger partial charge in [0.2, 0.25) is 0 Å². The van der Waals surface area contributed by atoms with Crippen LogP contribution in [0.2, 0.25) is 0 Å². The summed E-state index contributed by atoms with van der Waals surface area (Å²) in [5.41, 5.74) is 3.43. The van der Waals surface area contributed by atoms with E-state index in [1.54, 1.807) is 0 Å². The zero-order valence-electron chi connectivity index (χ0n) is 9.33. The van der Waals surface area contributed by atoms with Crippen molar-refractivity contribution in [1.82, 2.24) is 9.78 Å². The van der Waals surface area contributed by atoms with E-state index in [4.69, 9.17) is 0 Å². The average Bonchev–Trinajstić information content (AvgIpc) is 2.24. The molecule has 1 heterocycles. The number of aromatic nitrogens is 2. The van der Waals surface area contributed by atoms with Gasteiger partial charge in [0.05, 0.1) is 11.8 Å². The first-order valence-corrected chi connectivity index (χ1v) is 5.11. The van der Waals surface area contributed by atoms with Crippen LogP contribution in [0.4, 0.5) is 0 Å². The number of aliphatic hydroxyl groups excluding tert-OH is 1. The highest BCUT2D eigenvalue weighted by Gasteiger charge is 2.34. The van der Waals surface area contributed by atoms with Gasteiger partial charge in [-0.25, -0.2) is 0 Å². The SMILES string of the molecule is Cc1nn(C)c2c1C(O)CC(C)(C)C2. The molecular formula is C11H18N2O. The molecule has 0 saturated heterocycles. The lowest BCUT2D eigenvalue weighted by atomic mass is 9.75. The predicted octanol–water partition coefficient (Wildman–Crippen LogP) is 1.73. The van der Waals surface area contributed by atoms with E-state index >= 15 is 0 Å². The van der Waals surface area contributed by atoms with Gasteiger partial charge in [-0.15, -0.1) is 0 Å². The van der Waals surface area contributed by atoms with Gasteiger partial charge in [-0.2, -0.15) is 5.10 Å². The minimum Gasteiger partial charge on any atom is -0.388 e. The Labute approximate surface area is 84.7 Å². The number of hydrogen-bond donors (Lipinski definition) is 1. The Morgan fingerprint density at radius 1 is 1.50 bits per heavy atom. The second-order valence-electron chi connectivity index (χ2n) is 5.13. The molecule has 2 rings (SSSR count). The molecular weight excluding hydrogens is 176 g/mol. The molecule has 1 N–H and O–H groups in total. The fourth-order valence-electron chi connectivity index (χ4n) is 2.52. The van der Waals surface area contributed by atoms with Crippen molar-refractivity contribution in [3.05, 3.63) is 17.0 Å². The van der Waals surface area contributed by atoms with Crippen LogP contribution in [0, 0.1) is 12.3 Å². The highest BCUT2D eigenvalue weighted by atomic mass is 16.3. The quantitative estimate of drug-likeness (QED) is 0.683. The average molecular weight is 194 g/mol. The maximum atomic E-state index is 10.0. The van der Waals surface area contributed by atoms with Crippen molar-refractivity contribution in [2.24, 2.45) is 12.5 Å². The molecule has 1 aliphatic carbocycles. The number of fused-ring (bicyclic) bond motifs is 1. The maximum Gasteiger partial charge on any atom is 0.0831 e. The van der Waals surface area contributed by atoms with Crippen molar-refractivity contribution >= 4 is 0 Å². The summed E-state index contributed by atoms with van der Waals surface area (Å²) in [4.78, 5) is 0. The van der Waals surface area contributed by atoms with Gasteiger partial charge in [0.25, 0.3) is 0 Å². The van der Waals surface area contributed by atoms with E-state index in [1.807, 2.05) is 18.7 Å². The van der Waals surface area contributed by atoms with Crippen molar-refractivity contribution in [3.63, 3.8) is 0 Å². The van der Waals surface area contributed by atoms with E-state index in [1.165, 1.54) is 5.69 Å². The van der Waals surface area contributed by atoms with Crippen LogP contribution in [0.3, 0.4) is 0 Å². The van der Waals surface area contributed by atoms with E-state index in [0.29, 0.717) is 0 Å². The van der Waals surface area contributed by atoms with Gasteiger partial charge in [-0.05, 0) is 25.2 Å². The third-order valence-electron chi connectivity index (χ3n) is 3.12. The molecule has 1 aromatic rings. The molecule has 1 aromatic heterocycles. The van der Waals surface area contributed by atoms with Crippen molar-refractivity contribution < 1.29 is 5.11 Å². The molecule has 0 fully saturated rings. The van der Waals surface area contributed by atoms with Crippen LogP contribution < -0.4 is 0 Å². The van der Waals surface area contributed by atoms with E-state index < -0.39 is 0 Å². The molecule has 1 atom stereocenters. The highest BCUT2D eigenvalue weighted by molar-refractivity contribution is 5.31. The van der Waals surface area contributed by atoms with E-state index in [0.717, 1.165) is 24.1 Å². The second kappa shape index (κ2) is 2.83. The molecule has 0 amide bonds. The lowest BCUT2D eigenvalue weighted by molar-refractivity contribution is 0.0977. The summed E-state index contributed by atoms with van der Waals surface area (Å²) in [6.07, 6.45) is 1.52. The first kappa shape index (κ1) is 9.71. The Kier molecular flexibility index (Phi) is 1.96. The van der Waals surface area contributed by atoms with Gasteiger partial charge in [-0.1, -0.05) is 13.8 Å². The number of nitrogens with zero attached hydrogens (tertiary/aromatic N) is 2. The molecule has 78 valence electrons. The van der Waals surface area contributed by atoms with E-state index in [9.17, 15) is 5.11 Å². The predicted molar refractivity (Wildman–Crippen MR) is 55.0 cm³/mol. The summed E-state index contributed by atoms with van der Waals surface area (Å²) in [6.45, 7) is 6.36. The van der Waals surface area contributed by atoms with Crippen LogP contribution in [0.25, 0.3) is 0 Å². The molecule has 0 radical (unpaired) electrons. The molecule has 1 unspecified atom stereocenters. The molecule has 0 aromatic carbocycles. The Balaban J connectivity index is 2.52.